The molecule has 0 aliphatic carbocycles. The Kier molecular flexibility index (Phi) is 5.83. The maximum atomic E-state index is 3.54. The third-order valence-electron chi connectivity index (χ3n) is 3.77. The summed E-state index contributed by atoms with van der Waals surface area (Å²) in [5.41, 5.74) is 3.05. The van der Waals surface area contributed by atoms with Gasteiger partial charge in [-0.2, -0.15) is 0 Å². The van der Waals surface area contributed by atoms with Gasteiger partial charge in [-0.1, -0.05) is 24.3 Å². The maximum absolute atomic E-state index is 3.54. The zero-order valence-corrected chi connectivity index (χ0v) is 12.4. The van der Waals surface area contributed by atoms with Gasteiger partial charge >= 0.3 is 0 Å². The molecule has 0 bridgehead atoms. The van der Waals surface area contributed by atoms with Gasteiger partial charge in [0.2, 0.25) is 0 Å². The molecule has 0 atom stereocenters. The molecule has 1 aromatic rings. The first-order valence-corrected chi connectivity index (χ1v) is 7.40. The van der Waals surface area contributed by atoms with Crippen LogP contribution in [0.4, 0.5) is 0 Å². The van der Waals surface area contributed by atoms with Crippen LogP contribution in [0.15, 0.2) is 24.3 Å². The summed E-state index contributed by atoms with van der Waals surface area (Å²) in [5, 5.41) is 3.54. The second kappa shape index (κ2) is 7.63. The van der Waals surface area contributed by atoms with E-state index in [1.807, 2.05) is 0 Å². The Labute approximate surface area is 117 Å². The van der Waals surface area contributed by atoms with Gasteiger partial charge in [0.25, 0.3) is 0 Å². The zero-order valence-electron chi connectivity index (χ0n) is 12.4. The Morgan fingerprint density at radius 2 is 1.95 bits per heavy atom. The van der Waals surface area contributed by atoms with Crippen LogP contribution in [0.2, 0.25) is 0 Å². The molecule has 3 heteroatoms. The second-order valence-electron chi connectivity index (χ2n) is 5.70. The maximum Gasteiger partial charge on any atom is 0.0237 e. The standard InChI is InChI=1S/C16H27N3/c1-18(2)11-5-9-17-10-13-19-12-8-15-6-3-4-7-16(15)14-19/h3-4,6-7,17H,5,8-14H2,1-2H3. The van der Waals surface area contributed by atoms with Gasteiger partial charge in [-0.25, -0.2) is 0 Å². The molecule has 0 unspecified atom stereocenters. The van der Waals surface area contributed by atoms with Gasteiger partial charge in [0.05, 0.1) is 0 Å². The smallest absolute Gasteiger partial charge is 0.0237 e. The van der Waals surface area contributed by atoms with Crippen LogP contribution in [0.5, 0.6) is 0 Å². The molecule has 0 saturated carbocycles. The van der Waals surface area contributed by atoms with E-state index in [1.54, 1.807) is 0 Å². The first kappa shape index (κ1) is 14.5. The Hall–Kier alpha value is -0.900. The van der Waals surface area contributed by atoms with Gasteiger partial charge < -0.3 is 10.2 Å². The van der Waals surface area contributed by atoms with E-state index in [2.05, 4.69) is 53.5 Å². The molecule has 1 aromatic carbocycles. The highest BCUT2D eigenvalue weighted by molar-refractivity contribution is 5.28. The Morgan fingerprint density at radius 3 is 2.74 bits per heavy atom. The topological polar surface area (TPSA) is 18.5 Å². The molecule has 106 valence electrons. The fraction of sp³-hybridized carbons (Fsp3) is 0.625. The van der Waals surface area contributed by atoms with Crippen LogP contribution in [0.3, 0.4) is 0 Å². The number of hydrogen-bond acceptors (Lipinski definition) is 3. The third-order valence-corrected chi connectivity index (χ3v) is 3.77. The fourth-order valence-corrected chi connectivity index (χ4v) is 2.63. The van der Waals surface area contributed by atoms with Crippen molar-refractivity contribution in [3.63, 3.8) is 0 Å². The SMILES string of the molecule is CN(C)CCCNCCN1CCc2ccccc2C1. The van der Waals surface area contributed by atoms with E-state index >= 15 is 0 Å². The minimum Gasteiger partial charge on any atom is -0.315 e. The Bertz CT molecular complexity index is 376. The van der Waals surface area contributed by atoms with E-state index in [1.165, 1.54) is 37.1 Å². The van der Waals surface area contributed by atoms with E-state index < -0.39 is 0 Å². The number of rotatable bonds is 7. The van der Waals surface area contributed by atoms with Crippen molar-refractivity contribution < 1.29 is 0 Å². The van der Waals surface area contributed by atoms with Gasteiger partial charge in [-0.05, 0) is 51.2 Å². The van der Waals surface area contributed by atoms with Crippen molar-refractivity contribution in [1.29, 1.82) is 0 Å². The van der Waals surface area contributed by atoms with E-state index in [0.29, 0.717) is 0 Å². The number of fused-ring (bicyclic) bond motifs is 1. The molecule has 1 N–H and O–H groups in total. The van der Waals surface area contributed by atoms with Crippen LogP contribution in [0, 0.1) is 0 Å². The van der Waals surface area contributed by atoms with Gasteiger partial charge in [-0.15, -0.1) is 0 Å². The minimum absolute atomic E-state index is 1.11. The predicted octanol–water partition coefficient (Wildman–Crippen LogP) is 1.59. The molecule has 1 heterocycles. The van der Waals surface area contributed by atoms with Crippen LogP contribution in [0.1, 0.15) is 17.5 Å². The molecule has 1 aliphatic rings. The van der Waals surface area contributed by atoms with Crippen LogP contribution in [-0.4, -0.2) is 56.6 Å². The summed E-state index contributed by atoms with van der Waals surface area (Å²) in [6, 6.07) is 8.85. The van der Waals surface area contributed by atoms with E-state index in [9.17, 15) is 0 Å². The number of nitrogens with one attached hydrogen (secondary N) is 1. The lowest BCUT2D eigenvalue weighted by atomic mass is 10.00. The van der Waals surface area contributed by atoms with Gasteiger partial charge in [0.1, 0.15) is 0 Å². The molecule has 0 radical (unpaired) electrons. The summed E-state index contributed by atoms with van der Waals surface area (Å²) in [6.07, 6.45) is 2.44. The molecule has 19 heavy (non-hydrogen) atoms. The van der Waals surface area contributed by atoms with Crippen molar-refractivity contribution in [2.75, 3.05) is 46.8 Å². The fourth-order valence-electron chi connectivity index (χ4n) is 2.63. The molecule has 0 saturated heterocycles. The summed E-state index contributed by atoms with van der Waals surface area (Å²) >= 11 is 0. The zero-order chi connectivity index (χ0) is 13.5. The lowest BCUT2D eigenvalue weighted by Gasteiger charge is -2.28. The van der Waals surface area contributed by atoms with Gasteiger partial charge in [0.15, 0.2) is 0 Å². The van der Waals surface area contributed by atoms with Crippen molar-refractivity contribution in [2.45, 2.75) is 19.4 Å². The lowest BCUT2D eigenvalue weighted by Crippen LogP contribution is -2.36. The second-order valence-corrected chi connectivity index (χ2v) is 5.70. The van der Waals surface area contributed by atoms with Crippen molar-refractivity contribution >= 4 is 0 Å². The van der Waals surface area contributed by atoms with Crippen LogP contribution in [-0.2, 0) is 13.0 Å². The Morgan fingerprint density at radius 1 is 1.16 bits per heavy atom. The minimum atomic E-state index is 1.11. The molecule has 0 spiro atoms. The average molecular weight is 261 g/mol. The van der Waals surface area contributed by atoms with Gasteiger partial charge in [0, 0.05) is 26.2 Å². The van der Waals surface area contributed by atoms with Gasteiger partial charge in [-0.3, -0.25) is 4.90 Å². The summed E-state index contributed by atoms with van der Waals surface area (Å²) < 4.78 is 0. The molecule has 0 amide bonds. The molecule has 0 fully saturated rings. The molecular formula is C16H27N3. The molecular weight excluding hydrogens is 234 g/mol. The lowest BCUT2D eigenvalue weighted by molar-refractivity contribution is 0.253. The summed E-state index contributed by atoms with van der Waals surface area (Å²) in [6.45, 7) is 6.89. The summed E-state index contributed by atoms with van der Waals surface area (Å²) in [7, 11) is 4.26. The highest BCUT2D eigenvalue weighted by Crippen LogP contribution is 2.17. The van der Waals surface area contributed by atoms with Crippen molar-refractivity contribution in [3.05, 3.63) is 35.4 Å². The molecule has 0 aromatic heterocycles. The van der Waals surface area contributed by atoms with Crippen molar-refractivity contribution in [1.82, 2.24) is 15.1 Å². The molecule has 2 rings (SSSR count). The number of nitrogens with zero attached hydrogens (tertiary/aromatic N) is 2. The van der Waals surface area contributed by atoms with Crippen LogP contribution in [0.25, 0.3) is 0 Å². The first-order chi connectivity index (χ1) is 9.25. The number of benzene rings is 1. The molecule has 1 aliphatic heterocycles. The molecule has 3 nitrogen and oxygen atoms in total. The number of hydrogen-bond donors (Lipinski definition) is 1. The van der Waals surface area contributed by atoms with Crippen LogP contribution < -0.4 is 5.32 Å². The van der Waals surface area contributed by atoms with Crippen molar-refractivity contribution in [2.24, 2.45) is 0 Å². The monoisotopic (exact) mass is 261 g/mol. The van der Waals surface area contributed by atoms with E-state index in [4.69, 9.17) is 0 Å². The normalized spacial score (nSPS) is 15.7. The third kappa shape index (κ3) is 4.94. The first-order valence-electron chi connectivity index (χ1n) is 7.40. The van der Waals surface area contributed by atoms with E-state index in [0.717, 1.165) is 26.2 Å². The quantitative estimate of drug-likeness (QED) is 0.752. The Balaban J connectivity index is 1.61. The largest absolute Gasteiger partial charge is 0.315 e. The highest BCUT2D eigenvalue weighted by atomic mass is 15.1. The van der Waals surface area contributed by atoms with Crippen LogP contribution >= 0.6 is 0 Å². The predicted molar refractivity (Wildman–Crippen MR) is 81.5 cm³/mol. The van der Waals surface area contributed by atoms with Crippen molar-refractivity contribution in [3.8, 4) is 0 Å². The average Bonchev–Trinajstić information content (AvgIpc) is 2.42. The highest BCUT2D eigenvalue weighted by Gasteiger charge is 2.14. The van der Waals surface area contributed by atoms with E-state index in [-0.39, 0.29) is 0 Å². The summed E-state index contributed by atoms with van der Waals surface area (Å²) in [5.74, 6) is 0. The summed E-state index contributed by atoms with van der Waals surface area (Å²) in [4.78, 5) is 4.80.